The molecule has 41 heavy (non-hydrogen) atoms. The molecule has 0 radical (unpaired) electrons. The average molecular weight is 564 g/mol. The Balaban J connectivity index is 1.23. The molecule has 218 valence electrons. The molecule has 3 aromatic rings. The minimum absolute atomic E-state index is 0.0367. The number of nitrogens with zero attached hydrogens (tertiary/aromatic N) is 4. The van der Waals surface area contributed by atoms with Crippen molar-refractivity contribution in [3.05, 3.63) is 46.9 Å². The standard InChI is InChI=1S/C30H38FN7O3/c1-4-23-25(16(2)36-37-23)21-9-10-24(33-28(21)31)34-30(40)27(26(18-5-6-18)19-7-8-19)35-29(39)22-15-32-38(17(22)3)20-11-13-41-14-12-20/h9-10,15,18-20,26-27H,4-8,11-14H2,1-3H3,(H,35,39)(H,36,37)(H,33,34,40). The van der Waals surface area contributed by atoms with Crippen LogP contribution in [0, 0.1) is 37.5 Å². The minimum atomic E-state index is -0.749. The second-order valence-electron chi connectivity index (χ2n) is 11.7. The third-order valence-electron chi connectivity index (χ3n) is 8.84. The van der Waals surface area contributed by atoms with Crippen molar-refractivity contribution >= 4 is 17.6 Å². The summed E-state index contributed by atoms with van der Waals surface area (Å²) in [5, 5.41) is 17.6. The third kappa shape index (κ3) is 5.64. The van der Waals surface area contributed by atoms with E-state index in [1.54, 1.807) is 18.3 Å². The molecule has 3 aromatic heterocycles. The Hall–Kier alpha value is -3.60. The van der Waals surface area contributed by atoms with Crippen LogP contribution in [0.4, 0.5) is 10.2 Å². The first-order valence-corrected chi connectivity index (χ1v) is 14.8. The number of rotatable bonds is 10. The van der Waals surface area contributed by atoms with Gasteiger partial charge in [0.25, 0.3) is 5.91 Å². The third-order valence-corrected chi connectivity index (χ3v) is 8.84. The van der Waals surface area contributed by atoms with Gasteiger partial charge in [0, 0.05) is 35.7 Å². The number of carbonyl (C=O) groups excluding carboxylic acids is 2. The van der Waals surface area contributed by atoms with E-state index < -0.39 is 12.0 Å². The van der Waals surface area contributed by atoms with Gasteiger partial charge in [-0.1, -0.05) is 6.92 Å². The van der Waals surface area contributed by atoms with E-state index >= 15 is 4.39 Å². The maximum absolute atomic E-state index is 15.2. The Kier molecular flexibility index (Phi) is 7.63. The molecule has 1 atom stereocenters. The SMILES string of the molecule is CCc1n[nH]c(C)c1-c1ccc(NC(=O)C(NC(=O)c2cnn(C3CCOCC3)c2C)C(C2CC2)C2CC2)nc1F. The summed E-state index contributed by atoms with van der Waals surface area (Å²) in [6.45, 7) is 7.05. The number of carbonyl (C=O) groups is 2. The second-order valence-corrected chi connectivity index (χ2v) is 11.7. The highest BCUT2D eigenvalue weighted by Gasteiger charge is 2.48. The molecule has 2 amide bonds. The molecule has 0 bridgehead atoms. The molecule has 1 unspecified atom stereocenters. The first kappa shape index (κ1) is 27.6. The van der Waals surface area contributed by atoms with Crippen LogP contribution >= 0.6 is 0 Å². The number of aromatic nitrogens is 5. The lowest BCUT2D eigenvalue weighted by Crippen LogP contribution is -2.50. The molecule has 0 spiro atoms. The molecule has 3 N–H and O–H groups in total. The Morgan fingerprint density at radius 3 is 2.46 bits per heavy atom. The molecule has 3 aliphatic rings. The summed E-state index contributed by atoms with van der Waals surface area (Å²) in [5.74, 6) is -0.423. The van der Waals surface area contributed by atoms with E-state index in [1.165, 1.54) is 0 Å². The summed E-state index contributed by atoms with van der Waals surface area (Å²) in [4.78, 5) is 31.4. The summed E-state index contributed by atoms with van der Waals surface area (Å²) in [6, 6.07) is 2.67. The van der Waals surface area contributed by atoms with E-state index in [0.29, 0.717) is 48.2 Å². The highest BCUT2D eigenvalue weighted by Crippen LogP contribution is 2.51. The van der Waals surface area contributed by atoms with Gasteiger partial charge in [-0.15, -0.1) is 0 Å². The topological polar surface area (TPSA) is 127 Å². The maximum atomic E-state index is 15.2. The molecular formula is C30H38FN7O3. The van der Waals surface area contributed by atoms with Crippen LogP contribution in [0.3, 0.4) is 0 Å². The van der Waals surface area contributed by atoms with E-state index in [0.717, 1.165) is 55.6 Å². The number of H-pyrrole nitrogens is 1. The molecule has 1 aliphatic heterocycles. The Labute approximate surface area is 238 Å². The van der Waals surface area contributed by atoms with Gasteiger partial charge in [0.05, 0.1) is 23.5 Å². The quantitative estimate of drug-likeness (QED) is 0.312. The van der Waals surface area contributed by atoms with E-state index in [1.807, 2.05) is 25.5 Å². The van der Waals surface area contributed by atoms with Crippen LogP contribution in [0.25, 0.3) is 11.1 Å². The highest BCUT2D eigenvalue weighted by molar-refractivity contribution is 6.01. The summed E-state index contributed by atoms with van der Waals surface area (Å²) < 4.78 is 22.6. The van der Waals surface area contributed by atoms with E-state index in [-0.39, 0.29) is 29.6 Å². The smallest absolute Gasteiger partial charge is 0.255 e. The number of anilines is 1. The van der Waals surface area contributed by atoms with Crippen molar-refractivity contribution < 1.29 is 18.7 Å². The molecule has 3 fully saturated rings. The van der Waals surface area contributed by atoms with Gasteiger partial charge in [-0.25, -0.2) is 4.98 Å². The molecule has 2 aliphatic carbocycles. The fraction of sp³-hybridized carbons (Fsp3) is 0.567. The monoisotopic (exact) mass is 563 g/mol. The summed E-state index contributed by atoms with van der Waals surface area (Å²) in [5.41, 5.74) is 3.80. The molecular weight excluding hydrogens is 525 g/mol. The highest BCUT2D eigenvalue weighted by atomic mass is 19.1. The van der Waals surface area contributed by atoms with Gasteiger partial charge in [0.15, 0.2) is 0 Å². The zero-order chi connectivity index (χ0) is 28.7. The van der Waals surface area contributed by atoms with E-state index in [9.17, 15) is 9.59 Å². The predicted octanol–water partition coefficient (Wildman–Crippen LogP) is 4.51. The van der Waals surface area contributed by atoms with Crippen LogP contribution in [0.15, 0.2) is 18.3 Å². The van der Waals surface area contributed by atoms with Crippen LogP contribution in [-0.4, -0.2) is 56.0 Å². The number of hydrogen-bond acceptors (Lipinski definition) is 6. The normalized spacial score (nSPS) is 18.5. The summed E-state index contributed by atoms with van der Waals surface area (Å²) in [7, 11) is 0. The van der Waals surface area contributed by atoms with Crippen molar-refractivity contribution in [2.24, 2.45) is 17.8 Å². The first-order valence-electron chi connectivity index (χ1n) is 14.8. The Morgan fingerprint density at radius 2 is 1.83 bits per heavy atom. The zero-order valence-electron chi connectivity index (χ0n) is 23.9. The number of aryl methyl sites for hydroxylation is 2. The van der Waals surface area contributed by atoms with Crippen molar-refractivity contribution in [1.82, 2.24) is 30.3 Å². The van der Waals surface area contributed by atoms with E-state index in [4.69, 9.17) is 4.74 Å². The molecule has 11 heteroatoms. The molecule has 6 rings (SSSR count). The second kappa shape index (κ2) is 11.3. The Morgan fingerprint density at radius 1 is 1.12 bits per heavy atom. The number of aromatic amines is 1. The van der Waals surface area contributed by atoms with Gasteiger partial charge in [0.2, 0.25) is 11.9 Å². The zero-order valence-corrected chi connectivity index (χ0v) is 23.9. The number of hydrogen-bond donors (Lipinski definition) is 3. The van der Waals surface area contributed by atoms with Crippen LogP contribution in [0.1, 0.15) is 78.9 Å². The minimum Gasteiger partial charge on any atom is -0.381 e. The number of nitrogens with one attached hydrogen (secondary N) is 3. The summed E-state index contributed by atoms with van der Waals surface area (Å²) >= 11 is 0. The molecule has 1 saturated heterocycles. The van der Waals surface area contributed by atoms with Crippen molar-refractivity contribution in [2.75, 3.05) is 18.5 Å². The van der Waals surface area contributed by atoms with Gasteiger partial charge in [-0.3, -0.25) is 19.4 Å². The number of amides is 2. The summed E-state index contributed by atoms with van der Waals surface area (Å²) in [6.07, 6.45) is 8.14. The van der Waals surface area contributed by atoms with Gasteiger partial charge in [-0.2, -0.15) is 14.6 Å². The van der Waals surface area contributed by atoms with Crippen molar-refractivity contribution in [3.63, 3.8) is 0 Å². The molecule has 2 saturated carbocycles. The fourth-order valence-corrected chi connectivity index (χ4v) is 6.38. The maximum Gasteiger partial charge on any atom is 0.255 e. The van der Waals surface area contributed by atoms with Crippen LogP contribution in [0.2, 0.25) is 0 Å². The van der Waals surface area contributed by atoms with Crippen molar-refractivity contribution in [2.45, 2.75) is 77.8 Å². The number of halogens is 1. The van der Waals surface area contributed by atoms with Crippen LogP contribution in [0.5, 0.6) is 0 Å². The average Bonchev–Trinajstić information content (AvgIpc) is 3.90. The lowest BCUT2D eigenvalue weighted by molar-refractivity contribution is -0.119. The number of ether oxygens (including phenoxy) is 1. The van der Waals surface area contributed by atoms with Crippen molar-refractivity contribution in [3.8, 4) is 11.1 Å². The molecule has 4 heterocycles. The van der Waals surface area contributed by atoms with Crippen molar-refractivity contribution in [1.29, 1.82) is 0 Å². The van der Waals surface area contributed by atoms with Crippen LogP contribution in [-0.2, 0) is 16.0 Å². The molecule has 0 aromatic carbocycles. The lowest BCUT2D eigenvalue weighted by Gasteiger charge is -2.27. The number of pyridine rings is 1. The van der Waals surface area contributed by atoms with Gasteiger partial charge < -0.3 is 15.4 Å². The first-order chi connectivity index (χ1) is 19.9. The van der Waals surface area contributed by atoms with E-state index in [2.05, 4.69) is 30.9 Å². The molecule has 10 nitrogen and oxygen atoms in total. The van der Waals surface area contributed by atoms with Crippen LogP contribution < -0.4 is 10.6 Å². The fourth-order valence-electron chi connectivity index (χ4n) is 6.38. The lowest BCUT2D eigenvalue weighted by atomic mass is 9.88. The van der Waals surface area contributed by atoms with Gasteiger partial charge in [-0.05, 0) is 88.7 Å². The van der Waals surface area contributed by atoms with Gasteiger partial charge in [0.1, 0.15) is 11.9 Å². The Bertz CT molecular complexity index is 1420. The largest absolute Gasteiger partial charge is 0.381 e. The predicted molar refractivity (Wildman–Crippen MR) is 151 cm³/mol. The van der Waals surface area contributed by atoms with Gasteiger partial charge >= 0.3 is 0 Å².